The molecule has 2 amide bonds. The van der Waals surface area contributed by atoms with Gasteiger partial charge in [-0.25, -0.2) is 0 Å². The number of rotatable bonds is 10. The van der Waals surface area contributed by atoms with E-state index in [1.807, 2.05) is 0 Å². The molecule has 0 heterocycles. The molecule has 0 spiro atoms. The summed E-state index contributed by atoms with van der Waals surface area (Å²) in [5.74, 6) is -1.01. The predicted octanol–water partition coefficient (Wildman–Crippen LogP) is 0.0864. The molecule has 2 aromatic carbocycles. The molecule has 0 bridgehead atoms. The lowest BCUT2D eigenvalue weighted by Crippen LogP contribution is -2.55. The summed E-state index contributed by atoms with van der Waals surface area (Å²) < 4.78 is 0. The lowest BCUT2D eigenvalue weighted by Gasteiger charge is -2.31. The first-order valence-corrected chi connectivity index (χ1v) is 9.25. The molecule has 0 aliphatic heterocycles. The molecule has 8 nitrogen and oxygen atoms in total. The summed E-state index contributed by atoms with van der Waals surface area (Å²) in [4.78, 5) is 26.3. The molecule has 2 aromatic rings. The maximum absolute atomic E-state index is 13.1. The van der Waals surface area contributed by atoms with Crippen LogP contribution in [0.3, 0.4) is 0 Å². The number of phenolic OH excluding ortho intramolecular Hbond substituents is 2. The molecule has 0 aliphatic rings. The van der Waals surface area contributed by atoms with E-state index in [4.69, 9.17) is 10.2 Å². The van der Waals surface area contributed by atoms with Crippen LogP contribution >= 0.6 is 0 Å². The Hall–Kier alpha value is -3.10. The van der Waals surface area contributed by atoms with Crippen LogP contribution in [0, 0.1) is 5.41 Å². The van der Waals surface area contributed by atoms with E-state index in [0.29, 0.717) is 11.1 Å². The Morgan fingerprint density at radius 2 is 1.03 bits per heavy atom. The molecular weight excluding hydrogens is 376 g/mol. The summed E-state index contributed by atoms with van der Waals surface area (Å²) in [6.07, 6.45) is 0.0609. The van der Waals surface area contributed by atoms with E-state index in [1.165, 1.54) is 24.3 Å². The zero-order valence-corrected chi connectivity index (χ0v) is 16.0. The Morgan fingerprint density at radius 1 is 0.690 bits per heavy atom. The number of amides is 2. The minimum Gasteiger partial charge on any atom is -0.508 e. The third-order valence-electron chi connectivity index (χ3n) is 4.55. The molecular formula is C21H26N2O6. The predicted molar refractivity (Wildman–Crippen MR) is 106 cm³/mol. The van der Waals surface area contributed by atoms with Crippen molar-refractivity contribution in [2.24, 2.45) is 5.41 Å². The van der Waals surface area contributed by atoms with Crippen LogP contribution < -0.4 is 10.6 Å². The van der Waals surface area contributed by atoms with Crippen LogP contribution in [0.15, 0.2) is 48.5 Å². The van der Waals surface area contributed by atoms with Crippen molar-refractivity contribution in [3.05, 3.63) is 59.7 Å². The van der Waals surface area contributed by atoms with Crippen molar-refractivity contribution >= 4 is 11.8 Å². The number of hydrogen-bond acceptors (Lipinski definition) is 6. The van der Waals surface area contributed by atoms with E-state index in [9.17, 15) is 19.8 Å². The van der Waals surface area contributed by atoms with Gasteiger partial charge in [-0.2, -0.15) is 0 Å². The Bertz CT molecular complexity index is 735. The molecule has 0 saturated carbocycles. The minimum absolute atomic E-state index is 0.0149. The molecule has 2 rings (SSSR count). The quantitative estimate of drug-likeness (QED) is 0.311. The van der Waals surface area contributed by atoms with Crippen LogP contribution in [0.4, 0.5) is 0 Å². The smallest absolute Gasteiger partial charge is 0.236 e. The van der Waals surface area contributed by atoms with E-state index < -0.39 is 17.2 Å². The fourth-order valence-corrected chi connectivity index (χ4v) is 3.09. The van der Waals surface area contributed by atoms with Crippen molar-refractivity contribution < 1.29 is 30.0 Å². The van der Waals surface area contributed by atoms with E-state index >= 15 is 0 Å². The van der Waals surface area contributed by atoms with Gasteiger partial charge in [0.1, 0.15) is 16.9 Å². The maximum Gasteiger partial charge on any atom is 0.236 e. The second kappa shape index (κ2) is 10.4. The molecule has 0 radical (unpaired) electrons. The van der Waals surface area contributed by atoms with Gasteiger partial charge in [0.05, 0.1) is 13.2 Å². The monoisotopic (exact) mass is 402 g/mol. The third-order valence-corrected chi connectivity index (χ3v) is 4.55. The number of aliphatic hydroxyl groups is 2. The third kappa shape index (κ3) is 5.94. The molecule has 156 valence electrons. The van der Waals surface area contributed by atoms with E-state index in [1.54, 1.807) is 24.3 Å². The fraction of sp³-hybridized carbons (Fsp3) is 0.333. The first-order valence-electron chi connectivity index (χ1n) is 9.25. The average Bonchev–Trinajstić information content (AvgIpc) is 2.72. The Morgan fingerprint density at radius 3 is 1.34 bits per heavy atom. The second-order valence-electron chi connectivity index (χ2n) is 6.73. The van der Waals surface area contributed by atoms with Gasteiger partial charge in [0.15, 0.2) is 0 Å². The first kappa shape index (κ1) is 22.2. The summed E-state index contributed by atoms with van der Waals surface area (Å²) >= 11 is 0. The molecule has 0 fully saturated rings. The number of phenols is 2. The van der Waals surface area contributed by atoms with Gasteiger partial charge in [-0.1, -0.05) is 24.3 Å². The number of nitrogens with one attached hydrogen (secondary N) is 2. The highest BCUT2D eigenvalue weighted by atomic mass is 16.3. The van der Waals surface area contributed by atoms with Crippen molar-refractivity contribution in [3.63, 3.8) is 0 Å². The van der Waals surface area contributed by atoms with Crippen LogP contribution in [-0.2, 0) is 22.4 Å². The average molecular weight is 402 g/mol. The lowest BCUT2D eigenvalue weighted by atomic mass is 9.74. The number of aliphatic hydroxyl groups excluding tert-OH is 2. The van der Waals surface area contributed by atoms with E-state index in [0.717, 1.165) is 0 Å². The van der Waals surface area contributed by atoms with Crippen LogP contribution in [-0.4, -0.2) is 58.5 Å². The summed E-state index contributed by atoms with van der Waals surface area (Å²) in [5.41, 5.74) is -0.266. The Balaban J connectivity index is 2.48. The van der Waals surface area contributed by atoms with Gasteiger partial charge < -0.3 is 31.1 Å². The van der Waals surface area contributed by atoms with Gasteiger partial charge in [-0.15, -0.1) is 0 Å². The van der Waals surface area contributed by atoms with Crippen LogP contribution in [0.1, 0.15) is 11.1 Å². The zero-order valence-electron chi connectivity index (χ0n) is 16.0. The van der Waals surface area contributed by atoms with Gasteiger partial charge in [0.25, 0.3) is 0 Å². The highest BCUT2D eigenvalue weighted by Crippen LogP contribution is 2.30. The van der Waals surface area contributed by atoms with Crippen LogP contribution in [0.25, 0.3) is 0 Å². The molecule has 6 N–H and O–H groups in total. The SMILES string of the molecule is O=C(NCCO)C(Cc1ccc(O)cc1)(Cc1ccc(O)cc1)C(=O)NCCO. The van der Waals surface area contributed by atoms with Crippen LogP contribution in [0.2, 0.25) is 0 Å². The molecule has 8 heteroatoms. The van der Waals surface area contributed by atoms with Gasteiger partial charge >= 0.3 is 0 Å². The second-order valence-corrected chi connectivity index (χ2v) is 6.73. The number of carbonyl (C=O) groups excluding carboxylic acids is 2. The number of hydrogen-bond donors (Lipinski definition) is 6. The summed E-state index contributed by atoms with van der Waals surface area (Å²) in [6, 6.07) is 12.4. The molecule has 0 unspecified atom stereocenters. The molecule has 0 aliphatic carbocycles. The van der Waals surface area contributed by atoms with Crippen molar-refractivity contribution in [1.82, 2.24) is 10.6 Å². The maximum atomic E-state index is 13.1. The number of carbonyl (C=O) groups is 2. The Labute approximate surface area is 168 Å². The van der Waals surface area contributed by atoms with E-state index in [-0.39, 0.29) is 50.6 Å². The fourth-order valence-electron chi connectivity index (χ4n) is 3.09. The van der Waals surface area contributed by atoms with Gasteiger partial charge in [0.2, 0.25) is 11.8 Å². The van der Waals surface area contributed by atoms with Gasteiger partial charge in [0, 0.05) is 13.1 Å². The summed E-state index contributed by atoms with van der Waals surface area (Å²) in [6.45, 7) is -0.588. The highest BCUT2D eigenvalue weighted by Gasteiger charge is 2.45. The van der Waals surface area contributed by atoms with Crippen LogP contribution in [0.5, 0.6) is 11.5 Å². The zero-order chi connectivity index (χ0) is 21.3. The number of aromatic hydroxyl groups is 2. The summed E-state index contributed by atoms with van der Waals surface area (Å²) in [5, 5.41) is 42.4. The molecule has 0 atom stereocenters. The minimum atomic E-state index is -1.57. The van der Waals surface area contributed by atoms with Crippen molar-refractivity contribution in [1.29, 1.82) is 0 Å². The van der Waals surface area contributed by atoms with Gasteiger partial charge in [-0.05, 0) is 48.2 Å². The highest BCUT2D eigenvalue weighted by molar-refractivity contribution is 6.05. The van der Waals surface area contributed by atoms with Crippen molar-refractivity contribution in [3.8, 4) is 11.5 Å². The molecule has 0 saturated heterocycles. The van der Waals surface area contributed by atoms with Crippen molar-refractivity contribution in [2.45, 2.75) is 12.8 Å². The number of benzene rings is 2. The molecule has 29 heavy (non-hydrogen) atoms. The largest absolute Gasteiger partial charge is 0.508 e. The first-order chi connectivity index (χ1) is 13.9. The topological polar surface area (TPSA) is 139 Å². The lowest BCUT2D eigenvalue weighted by molar-refractivity contribution is -0.144. The molecule has 0 aromatic heterocycles. The van der Waals surface area contributed by atoms with E-state index in [2.05, 4.69) is 10.6 Å². The standard InChI is InChI=1S/C21H26N2O6/c24-11-9-22-19(28)21(20(29)23-10-12-25,13-15-1-5-17(26)6-2-15)14-16-3-7-18(27)8-4-16/h1-8,24-27H,9-14H2,(H,22,28)(H,23,29). The van der Waals surface area contributed by atoms with Gasteiger partial charge in [-0.3, -0.25) is 9.59 Å². The normalized spacial score (nSPS) is 11.1. The summed E-state index contributed by atoms with van der Waals surface area (Å²) in [7, 11) is 0. The Kier molecular flexibility index (Phi) is 7.99. The van der Waals surface area contributed by atoms with Crippen molar-refractivity contribution in [2.75, 3.05) is 26.3 Å².